The molecule has 0 aromatic carbocycles. The fourth-order valence-corrected chi connectivity index (χ4v) is 1.26. The normalized spacial score (nSPS) is 10.1. The zero-order valence-electron chi connectivity index (χ0n) is 6.03. The third-order valence-corrected chi connectivity index (χ3v) is 1.85. The van der Waals surface area contributed by atoms with Gasteiger partial charge in [0.2, 0.25) is 0 Å². The number of pyridine rings is 1. The van der Waals surface area contributed by atoms with Crippen molar-refractivity contribution in [3.8, 4) is 11.3 Å². The van der Waals surface area contributed by atoms with E-state index < -0.39 is 0 Å². The van der Waals surface area contributed by atoms with E-state index in [2.05, 4.69) is 36.3 Å². The van der Waals surface area contributed by atoms with Gasteiger partial charge in [-0.2, -0.15) is 15.4 Å². The molecule has 0 aliphatic heterocycles. The van der Waals surface area contributed by atoms with Gasteiger partial charge < -0.3 is 0 Å². The minimum Gasteiger partial charge on any atom is -0.263 e. The molecule has 2 aromatic rings. The van der Waals surface area contributed by atoms with E-state index in [1.807, 2.05) is 6.07 Å². The van der Waals surface area contributed by atoms with Gasteiger partial charge in [-0.3, -0.25) is 4.98 Å². The highest BCUT2D eigenvalue weighted by Gasteiger charge is 2.00. The topological polar surface area (TPSA) is 54.5 Å². The minimum absolute atomic E-state index is 0.795. The molecule has 5 heteroatoms. The van der Waals surface area contributed by atoms with Crippen molar-refractivity contribution in [1.29, 1.82) is 0 Å². The molecule has 0 atom stereocenters. The average molecular weight is 225 g/mol. The zero-order valence-corrected chi connectivity index (χ0v) is 7.62. The molecule has 2 rings (SSSR count). The molecule has 1 N–H and O–H groups in total. The molecule has 0 bridgehead atoms. The summed E-state index contributed by atoms with van der Waals surface area (Å²) in [5.41, 5.74) is 1.74. The smallest absolute Gasteiger partial charge is 0.114 e. The first-order valence-electron chi connectivity index (χ1n) is 3.33. The fraction of sp³-hybridized carbons (Fsp3) is 0. The van der Waals surface area contributed by atoms with Crippen molar-refractivity contribution in [2.45, 2.75) is 0 Å². The molecule has 0 fully saturated rings. The van der Waals surface area contributed by atoms with Crippen LogP contribution in [0, 0.1) is 0 Å². The van der Waals surface area contributed by atoms with Gasteiger partial charge in [0.05, 0.1) is 6.20 Å². The maximum atomic E-state index is 4.01. The Morgan fingerprint density at radius 3 is 2.83 bits per heavy atom. The van der Waals surface area contributed by atoms with E-state index in [0.717, 1.165) is 15.7 Å². The summed E-state index contributed by atoms with van der Waals surface area (Å²) in [5, 5.41) is 10.2. The van der Waals surface area contributed by atoms with Crippen LogP contribution in [0.2, 0.25) is 0 Å². The zero-order chi connectivity index (χ0) is 8.39. The molecule has 2 heterocycles. The highest BCUT2D eigenvalue weighted by molar-refractivity contribution is 9.10. The summed E-state index contributed by atoms with van der Waals surface area (Å²) in [5.74, 6) is 0. The molecular formula is C7H5BrN4. The van der Waals surface area contributed by atoms with Crippen LogP contribution in [0.1, 0.15) is 0 Å². The molecule has 60 valence electrons. The highest BCUT2D eigenvalue weighted by Crippen LogP contribution is 2.17. The number of nitrogens with one attached hydrogen (secondary N) is 1. The van der Waals surface area contributed by atoms with Crippen LogP contribution in [0.15, 0.2) is 29.1 Å². The fourth-order valence-electron chi connectivity index (χ4n) is 0.893. The number of hydrogen-bond donors (Lipinski definition) is 1. The molecule has 0 unspecified atom stereocenters. The molecule has 0 amide bonds. The van der Waals surface area contributed by atoms with Crippen molar-refractivity contribution >= 4 is 15.9 Å². The van der Waals surface area contributed by atoms with Crippen LogP contribution in [0.3, 0.4) is 0 Å². The Hall–Kier alpha value is -1.23. The minimum atomic E-state index is 0.795. The van der Waals surface area contributed by atoms with Gasteiger partial charge in [-0.25, -0.2) is 0 Å². The summed E-state index contributed by atoms with van der Waals surface area (Å²) in [6, 6.07) is 1.94. The molecule has 4 nitrogen and oxygen atoms in total. The van der Waals surface area contributed by atoms with Crippen molar-refractivity contribution in [3.05, 3.63) is 29.1 Å². The van der Waals surface area contributed by atoms with Gasteiger partial charge in [-0.1, -0.05) is 0 Å². The number of H-pyrrole nitrogens is 1. The molecule has 0 saturated heterocycles. The van der Waals surface area contributed by atoms with Crippen LogP contribution >= 0.6 is 15.9 Å². The number of aromatic amines is 1. The Morgan fingerprint density at radius 2 is 2.17 bits per heavy atom. The van der Waals surface area contributed by atoms with E-state index in [9.17, 15) is 0 Å². The maximum Gasteiger partial charge on any atom is 0.114 e. The van der Waals surface area contributed by atoms with Crippen molar-refractivity contribution in [2.75, 3.05) is 0 Å². The molecule has 0 spiro atoms. The lowest BCUT2D eigenvalue weighted by Crippen LogP contribution is -1.79. The van der Waals surface area contributed by atoms with Crippen LogP contribution in [0.4, 0.5) is 0 Å². The van der Waals surface area contributed by atoms with Gasteiger partial charge in [-0.15, -0.1) is 0 Å². The summed E-state index contributed by atoms with van der Waals surface area (Å²) in [7, 11) is 0. The van der Waals surface area contributed by atoms with Crippen LogP contribution < -0.4 is 0 Å². The van der Waals surface area contributed by atoms with E-state index in [0.29, 0.717) is 0 Å². The third kappa shape index (κ3) is 1.35. The van der Waals surface area contributed by atoms with Crippen LogP contribution in [0.25, 0.3) is 11.3 Å². The monoisotopic (exact) mass is 224 g/mol. The third-order valence-electron chi connectivity index (χ3n) is 1.42. The molecule has 12 heavy (non-hydrogen) atoms. The van der Waals surface area contributed by atoms with E-state index in [1.165, 1.54) is 0 Å². The van der Waals surface area contributed by atoms with Crippen molar-refractivity contribution in [1.82, 2.24) is 20.4 Å². The van der Waals surface area contributed by atoms with Gasteiger partial charge in [0, 0.05) is 22.4 Å². The summed E-state index contributed by atoms with van der Waals surface area (Å²) < 4.78 is 0.933. The molecule has 0 radical (unpaired) electrons. The van der Waals surface area contributed by atoms with E-state index >= 15 is 0 Å². The summed E-state index contributed by atoms with van der Waals surface area (Å²) >= 11 is 3.33. The Balaban J connectivity index is 2.48. The van der Waals surface area contributed by atoms with E-state index in [1.54, 1.807) is 18.6 Å². The molecular weight excluding hydrogens is 220 g/mol. The number of hydrogen-bond acceptors (Lipinski definition) is 3. The SMILES string of the molecule is Brc1cncc(-c2cn[nH]n2)c1. The van der Waals surface area contributed by atoms with Gasteiger partial charge in [0.15, 0.2) is 0 Å². The van der Waals surface area contributed by atoms with Gasteiger partial charge in [0.25, 0.3) is 0 Å². The van der Waals surface area contributed by atoms with Crippen molar-refractivity contribution < 1.29 is 0 Å². The number of aromatic nitrogens is 4. The second kappa shape index (κ2) is 3.02. The van der Waals surface area contributed by atoms with Crippen LogP contribution in [-0.2, 0) is 0 Å². The van der Waals surface area contributed by atoms with Gasteiger partial charge >= 0.3 is 0 Å². The van der Waals surface area contributed by atoms with E-state index in [-0.39, 0.29) is 0 Å². The number of nitrogens with zero attached hydrogens (tertiary/aromatic N) is 3. The molecule has 0 saturated carbocycles. The second-order valence-electron chi connectivity index (χ2n) is 2.25. The molecule has 2 aromatic heterocycles. The molecule has 0 aliphatic carbocycles. The Bertz CT molecular complexity index is 371. The Morgan fingerprint density at radius 1 is 1.25 bits per heavy atom. The highest BCUT2D eigenvalue weighted by atomic mass is 79.9. The van der Waals surface area contributed by atoms with Crippen molar-refractivity contribution in [3.63, 3.8) is 0 Å². The predicted molar refractivity (Wildman–Crippen MR) is 47.3 cm³/mol. The summed E-state index contributed by atoms with van der Waals surface area (Å²) in [6.07, 6.45) is 5.12. The van der Waals surface area contributed by atoms with Gasteiger partial charge in [0.1, 0.15) is 5.69 Å². The number of halogens is 1. The lowest BCUT2D eigenvalue weighted by Gasteiger charge is -1.93. The van der Waals surface area contributed by atoms with E-state index in [4.69, 9.17) is 0 Å². The summed E-state index contributed by atoms with van der Waals surface area (Å²) in [4.78, 5) is 4.01. The van der Waals surface area contributed by atoms with Crippen LogP contribution in [-0.4, -0.2) is 20.4 Å². The lowest BCUT2D eigenvalue weighted by atomic mass is 10.2. The quantitative estimate of drug-likeness (QED) is 0.802. The lowest BCUT2D eigenvalue weighted by molar-refractivity contribution is 0.942. The van der Waals surface area contributed by atoms with Crippen LogP contribution in [0.5, 0.6) is 0 Å². The first-order chi connectivity index (χ1) is 5.86. The average Bonchev–Trinajstić information content (AvgIpc) is 2.56. The predicted octanol–water partition coefficient (Wildman–Crippen LogP) is 1.63. The first-order valence-corrected chi connectivity index (χ1v) is 4.12. The Kier molecular flexibility index (Phi) is 1.87. The second-order valence-corrected chi connectivity index (χ2v) is 3.16. The largest absolute Gasteiger partial charge is 0.263 e. The summed E-state index contributed by atoms with van der Waals surface area (Å²) in [6.45, 7) is 0. The van der Waals surface area contributed by atoms with Gasteiger partial charge in [-0.05, 0) is 22.0 Å². The standard InChI is InChI=1S/C7H5BrN4/c8-6-1-5(2-9-3-6)7-4-10-12-11-7/h1-4H,(H,10,11,12). The first kappa shape index (κ1) is 7.42. The number of rotatable bonds is 1. The maximum absolute atomic E-state index is 4.01. The molecule has 0 aliphatic rings. The van der Waals surface area contributed by atoms with Crippen molar-refractivity contribution in [2.24, 2.45) is 0 Å². The Labute approximate surface area is 77.2 Å².